The Hall–Kier alpha value is -4.77. The number of hydrogen-bond acceptors (Lipinski definition) is 8. The zero-order chi connectivity index (χ0) is 28.1. The van der Waals surface area contributed by atoms with Gasteiger partial charge in [-0.15, -0.1) is 0 Å². The predicted octanol–water partition coefficient (Wildman–Crippen LogP) is 4.64. The van der Waals surface area contributed by atoms with Crippen LogP contribution in [0.25, 0.3) is 22.6 Å². The molecule has 0 unspecified atom stereocenters. The van der Waals surface area contributed by atoms with Gasteiger partial charge >= 0.3 is 0 Å². The summed E-state index contributed by atoms with van der Waals surface area (Å²) in [4.78, 5) is 40.4. The van der Waals surface area contributed by atoms with Gasteiger partial charge in [0.2, 0.25) is 5.88 Å². The summed E-state index contributed by atoms with van der Waals surface area (Å²) in [5.74, 6) is 0.168. The molecule has 0 saturated carbocycles. The van der Waals surface area contributed by atoms with Crippen LogP contribution in [0, 0.1) is 5.82 Å². The molecule has 1 atom stereocenters. The molecule has 41 heavy (non-hydrogen) atoms. The monoisotopic (exact) mass is 551 g/mol. The Morgan fingerprint density at radius 3 is 2.61 bits per heavy atom. The van der Waals surface area contributed by atoms with Crippen LogP contribution in [0.3, 0.4) is 0 Å². The van der Waals surface area contributed by atoms with Crippen molar-refractivity contribution in [2.75, 3.05) is 26.3 Å². The fourth-order valence-corrected chi connectivity index (χ4v) is 5.60. The Balaban J connectivity index is 1.27. The minimum absolute atomic E-state index is 0.130. The minimum atomic E-state index is -0.643. The SMILES string of the molecule is CC(C)(c1nc2nccnc2[nH]1)[C@@H]1c2ccc(-c3ccc(C(=O)N4CCOCC4)nc3)nc2Oc2c(F)cccc21. The van der Waals surface area contributed by atoms with Crippen LogP contribution in [-0.4, -0.2) is 67.0 Å². The molecule has 1 saturated heterocycles. The van der Waals surface area contributed by atoms with Crippen LogP contribution in [0.1, 0.15) is 47.2 Å². The summed E-state index contributed by atoms with van der Waals surface area (Å²) in [5, 5.41) is 0. The maximum Gasteiger partial charge on any atom is 0.272 e. The number of halogens is 1. The Morgan fingerprint density at radius 1 is 1.00 bits per heavy atom. The zero-order valence-corrected chi connectivity index (χ0v) is 22.5. The number of carbonyl (C=O) groups excluding carboxylic acids is 1. The molecule has 6 heterocycles. The van der Waals surface area contributed by atoms with Crippen molar-refractivity contribution in [2.24, 2.45) is 0 Å². The minimum Gasteiger partial charge on any atom is -0.435 e. The molecule has 2 aliphatic rings. The predicted molar refractivity (Wildman–Crippen MR) is 147 cm³/mol. The van der Waals surface area contributed by atoms with Crippen LogP contribution in [0.4, 0.5) is 4.39 Å². The Bertz CT molecular complexity index is 1750. The average Bonchev–Trinajstić information content (AvgIpc) is 3.46. The third-order valence-corrected chi connectivity index (χ3v) is 7.75. The van der Waals surface area contributed by atoms with Crippen LogP contribution in [0.15, 0.2) is 61.1 Å². The average molecular weight is 552 g/mol. The number of amides is 1. The van der Waals surface area contributed by atoms with Crippen molar-refractivity contribution in [3.8, 4) is 22.9 Å². The van der Waals surface area contributed by atoms with Crippen molar-refractivity contribution in [1.82, 2.24) is 34.8 Å². The number of ether oxygens (including phenoxy) is 2. The van der Waals surface area contributed by atoms with Crippen LogP contribution >= 0.6 is 0 Å². The van der Waals surface area contributed by atoms with Gasteiger partial charge < -0.3 is 19.4 Å². The molecule has 2 aliphatic heterocycles. The first kappa shape index (κ1) is 25.2. The fraction of sp³-hybridized carbons (Fsp3) is 0.267. The number of para-hydroxylation sites is 1. The molecule has 1 aromatic carbocycles. The van der Waals surface area contributed by atoms with E-state index in [0.717, 1.165) is 5.56 Å². The maximum absolute atomic E-state index is 15.1. The molecule has 7 rings (SSSR count). The first-order valence-corrected chi connectivity index (χ1v) is 13.4. The van der Waals surface area contributed by atoms with Gasteiger partial charge in [0.1, 0.15) is 11.5 Å². The van der Waals surface area contributed by atoms with Gasteiger partial charge in [-0.1, -0.05) is 32.0 Å². The largest absolute Gasteiger partial charge is 0.435 e. The van der Waals surface area contributed by atoms with Crippen LogP contribution in [-0.2, 0) is 10.2 Å². The lowest BCUT2D eigenvalue weighted by molar-refractivity contribution is 0.0299. The normalized spacial score (nSPS) is 16.7. The van der Waals surface area contributed by atoms with Crippen LogP contribution < -0.4 is 4.74 Å². The lowest BCUT2D eigenvalue weighted by Crippen LogP contribution is -2.41. The summed E-state index contributed by atoms with van der Waals surface area (Å²) < 4.78 is 26.6. The smallest absolute Gasteiger partial charge is 0.272 e. The number of rotatable bonds is 4. The highest BCUT2D eigenvalue weighted by atomic mass is 19.1. The standard InChI is InChI=1S/C30H26FN7O3/c1-30(2,29-36-25-26(37-29)33-11-10-32-25)23-18-4-3-5-20(31)24(18)41-27-19(23)7-9-21(35-27)17-6-8-22(34-16-17)28(39)38-12-14-40-15-13-38/h3-11,16,23H,12-15H2,1-2H3,(H,32,33,36,37)/t23-/m0/s1. The second-order valence-electron chi connectivity index (χ2n) is 10.7. The summed E-state index contributed by atoms with van der Waals surface area (Å²) >= 11 is 0. The highest BCUT2D eigenvalue weighted by molar-refractivity contribution is 5.92. The molecule has 10 nitrogen and oxygen atoms in total. The Morgan fingerprint density at radius 2 is 1.83 bits per heavy atom. The second kappa shape index (κ2) is 9.70. The molecule has 0 spiro atoms. The van der Waals surface area contributed by atoms with Crippen LogP contribution in [0.2, 0.25) is 0 Å². The van der Waals surface area contributed by atoms with Crippen molar-refractivity contribution in [1.29, 1.82) is 0 Å². The number of aromatic nitrogens is 6. The molecule has 1 fully saturated rings. The molecule has 5 aromatic rings. The molecule has 206 valence electrons. The van der Waals surface area contributed by atoms with Gasteiger partial charge in [0, 0.05) is 59.7 Å². The highest BCUT2D eigenvalue weighted by Crippen LogP contribution is 2.52. The molecule has 0 bridgehead atoms. The first-order valence-electron chi connectivity index (χ1n) is 13.4. The van der Waals surface area contributed by atoms with E-state index in [0.29, 0.717) is 71.8 Å². The van der Waals surface area contributed by atoms with E-state index in [9.17, 15) is 4.79 Å². The van der Waals surface area contributed by atoms with Gasteiger partial charge in [0.25, 0.3) is 5.91 Å². The third kappa shape index (κ3) is 4.29. The number of morpholine rings is 1. The van der Waals surface area contributed by atoms with Crippen molar-refractivity contribution in [2.45, 2.75) is 25.2 Å². The lowest BCUT2D eigenvalue weighted by Gasteiger charge is -2.37. The Labute approximate surface area is 234 Å². The number of pyridine rings is 2. The van der Waals surface area contributed by atoms with E-state index in [1.807, 2.05) is 38.1 Å². The number of fused-ring (bicyclic) bond motifs is 3. The lowest BCUT2D eigenvalue weighted by atomic mass is 9.69. The van der Waals surface area contributed by atoms with E-state index in [-0.39, 0.29) is 17.6 Å². The molecule has 0 aliphatic carbocycles. The third-order valence-electron chi connectivity index (χ3n) is 7.75. The van der Waals surface area contributed by atoms with Gasteiger partial charge in [-0.2, -0.15) is 0 Å². The highest BCUT2D eigenvalue weighted by Gasteiger charge is 2.43. The number of nitrogens with one attached hydrogen (secondary N) is 1. The number of aromatic amines is 1. The van der Waals surface area contributed by atoms with Crippen molar-refractivity contribution in [3.63, 3.8) is 0 Å². The van der Waals surface area contributed by atoms with Crippen molar-refractivity contribution >= 4 is 17.2 Å². The van der Waals surface area contributed by atoms with Crippen molar-refractivity contribution < 1.29 is 18.7 Å². The van der Waals surface area contributed by atoms with Crippen molar-refractivity contribution in [3.05, 3.63) is 89.5 Å². The second-order valence-corrected chi connectivity index (χ2v) is 10.7. The van der Waals surface area contributed by atoms with Gasteiger partial charge in [-0.05, 0) is 24.3 Å². The molecule has 11 heteroatoms. The van der Waals surface area contributed by atoms with E-state index in [1.54, 1.807) is 35.6 Å². The zero-order valence-electron chi connectivity index (χ0n) is 22.5. The van der Waals surface area contributed by atoms with E-state index in [1.165, 1.54) is 6.07 Å². The fourth-order valence-electron chi connectivity index (χ4n) is 5.60. The van der Waals surface area contributed by atoms with E-state index in [2.05, 4.69) is 19.9 Å². The molecular formula is C30H26FN7O3. The summed E-state index contributed by atoms with van der Waals surface area (Å²) in [6.07, 6.45) is 4.83. The van der Waals surface area contributed by atoms with Gasteiger partial charge in [0.05, 0.1) is 18.9 Å². The quantitative estimate of drug-likeness (QED) is 0.343. The number of H-pyrrole nitrogens is 1. The Kier molecular flexibility index (Phi) is 5.97. The number of benzene rings is 1. The summed E-state index contributed by atoms with van der Waals surface area (Å²) in [5.41, 5.74) is 3.61. The summed E-state index contributed by atoms with van der Waals surface area (Å²) in [7, 11) is 0. The van der Waals surface area contributed by atoms with E-state index >= 15 is 4.39 Å². The molecule has 1 amide bonds. The van der Waals surface area contributed by atoms with Crippen LogP contribution in [0.5, 0.6) is 11.6 Å². The number of carbonyl (C=O) groups is 1. The molecule has 1 N–H and O–H groups in total. The van der Waals surface area contributed by atoms with Gasteiger partial charge in [-0.3, -0.25) is 9.78 Å². The first-order chi connectivity index (χ1) is 19.9. The van der Waals surface area contributed by atoms with Gasteiger partial charge in [0.15, 0.2) is 22.9 Å². The molecular weight excluding hydrogens is 525 g/mol. The molecule has 4 aromatic heterocycles. The summed E-state index contributed by atoms with van der Waals surface area (Å²) in [6, 6.07) is 12.3. The molecule has 0 radical (unpaired) electrons. The maximum atomic E-state index is 15.1. The number of imidazole rings is 1. The van der Waals surface area contributed by atoms with Gasteiger partial charge in [-0.25, -0.2) is 24.3 Å². The van der Waals surface area contributed by atoms with E-state index in [4.69, 9.17) is 19.4 Å². The summed E-state index contributed by atoms with van der Waals surface area (Å²) in [6.45, 7) is 6.22. The van der Waals surface area contributed by atoms with E-state index < -0.39 is 11.2 Å². The number of hydrogen-bond donors (Lipinski definition) is 1. The topological polar surface area (TPSA) is 119 Å². The number of nitrogens with zero attached hydrogens (tertiary/aromatic N) is 6.